The number of ketones is 1. The van der Waals surface area contributed by atoms with Crippen molar-refractivity contribution in [2.75, 3.05) is 13.9 Å². The van der Waals surface area contributed by atoms with Crippen LogP contribution in [0.3, 0.4) is 0 Å². The van der Waals surface area contributed by atoms with E-state index in [4.69, 9.17) is 14.2 Å². The van der Waals surface area contributed by atoms with Crippen molar-refractivity contribution in [2.24, 2.45) is 11.3 Å². The smallest absolute Gasteiger partial charge is 0.231 e. The SMILES string of the molecule is C=CC[C@@]12CC(=O)[C@@H](O)[C@@](OC)([C@@H]1O)[C@@H](c1ccc3c(c1)OCO3)[C@@H]2C. The van der Waals surface area contributed by atoms with Crippen LogP contribution in [0.25, 0.3) is 0 Å². The first-order chi connectivity index (χ1) is 12.4. The molecular weight excluding hydrogens is 336 g/mol. The van der Waals surface area contributed by atoms with E-state index >= 15 is 0 Å². The summed E-state index contributed by atoms with van der Waals surface area (Å²) in [6, 6.07) is 5.56. The van der Waals surface area contributed by atoms with Crippen LogP contribution >= 0.6 is 0 Å². The molecule has 1 aliphatic heterocycles. The second-order valence-electron chi connectivity index (χ2n) is 7.61. The molecule has 3 aliphatic rings. The van der Waals surface area contributed by atoms with E-state index in [1.54, 1.807) is 6.08 Å². The minimum absolute atomic E-state index is 0.106. The maximum absolute atomic E-state index is 12.6. The molecule has 2 bridgehead atoms. The molecule has 2 aliphatic carbocycles. The molecule has 4 rings (SSSR count). The van der Waals surface area contributed by atoms with Gasteiger partial charge in [0.2, 0.25) is 6.79 Å². The van der Waals surface area contributed by atoms with Crippen molar-refractivity contribution >= 4 is 5.78 Å². The minimum atomic E-state index is -1.40. The summed E-state index contributed by atoms with van der Waals surface area (Å²) in [6.07, 6.45) is -0.0705. The molecule has 0 unspecified atom stereocenters. The minimum Gasteiger partial charge on any atom is -0.454 e. The van der Waals surface area contributed by atoms with Gasteiger partial charge in [0.15, 0.2) is 17.3 Å². The highest BCUT2D eigenvalue weighted by Gasteiger charge is 2.73. The second kappa shape index (κ2) is 5.81. The predicted molar refractivity (Wildman–Crippen MR) is 93.1 cm³/mol. The molecule has 2 saturated carbocycles. The average molecular weight is 360 g/mol. The standard InChI is InChI=1S/C20H24O6/c1-4-7-19-9-13(21)17(22)20(24-3,18(19)23)16(11(19)2)12-5-6-14-15(8-12)26-10-25-14/h4-6,8,11,16-18,22-23H,1,7,9-10H2,2-3H3/t11-,16+,17+,18+,19-,20+/m0/s1. The summed E-state index contributed by atoms with van der Waals surface area (Å²) < 4.78 is 16.6. The molecule has 1 aromatic rings. The summed E-state index contributed by atoms with van der Waals surface area (Å²) in [6.45, 7) is 5.98. The van der Waals surface area contributed by atoms with Gasteiger partial charge in [0, 0.05) is 24.9 Å². The lowest BCUT2D eigenvalue weighted by molar-refractivity contribution is -0.199. The van der Waals surface area contributed by atoms with Crippen LogP contribution in [0.15, 0.2) is 30.9 Å². The average Bonchev–Trinajstić information content (AvgIpc) is 3.14. The third kappa shape index (κ3) is 1.95. The van der Waals surface area contributed by atoms with Crippen LogP contribution in [-0.4, -0.2) is 47.7 Å². The van der Waals surface area contributed by atoms with Gasteiger partial charge in [-0.1, -0.05) is 19.1 Å². The monoisotopic (exact) mass is 360 g/mol. The summed E-state index contributed by atoms with van der Waals surface area (Å²) in [7, 11) is 1.45. The second-order valence-corrected chi connectivity index (χ2v) is 7.61. The number of carbonyl (C=O) groups is 1. The fourth-order valence-corrected chi connectivity index (χ4v) is 5.49. The normalized spacial score (nSPS) is 40.7. The van der Waals surface area contributed by atoms with E-state index in [0.717, 1.165) is 5.56 Å². The summed E-state index contributed by atoms with van der Waals surface area (Å²) >= 11 is 0. The fraction of sp³-hybridized carbons (Fsp3) is 0.550. The Morgan fingerprint density at radius 2 is 2.08 bits per heavy atom. The van der Waals surface area contributed by atoms with Crippen molar-refractivity contribution in [1.82, 2.24) is 0 Å². The van der Waals surface area contributed by atoms with Crippen LogP contribution in [0, 0.1) is 11.3 Å². The van der Waals surface area contributed by atoms with E-state index in [1.165, 1.54) is 7.11 Å². The molecule has 2 fully saturated rings. The molecule has 6 heteroatoms. The summed E-state index contributed by atoms with van der Waals surface area (Å²) in [4.78, 5) is 12.6. The Kier molecular flexibility index (Phi) is 3.91. The zero-order valence-corrected chi connectivity index (χ0v) is 15.0. The maximum atomic E-state index is 12.6. The number of allylic oxidation sites excluding steroid dienone is 1. The number of methoxy groups -OCH3 is 1. The molecule has 0 amide bonds. The van der Waals surface area contributed by atoms with Crippen molar-refractivity contribution in [3.63, 3.8) is 0 Å². The topological polar surface area (TPSA) is 85.2 Å². The van der Waals surface area contributed by atoms with Crippen LogP contribution in [0.2, 0.25) is 0 Å². The number of rotatable bonds is 4. The number of hydrogen-bond acceptors (Lipinski definition) is 6. The van der Waals surface area contributed by atoms with Gasteiger partial charge in [0.1, 0.15) is 11.7 Å². The number of carbonyl (C=O) groups excluding carboxylic acids is 1. The Bertz CT molecular complexity index is 761. The Balaban J connectivity index is 1.90. The van der Waals surface area contributed by atoms with Gasteiger partial charge in [-0.3, -0.25) is 4.79 Å². The summed E-state index contributed by atoms with van der Waals surface area (Å²) in [5.74, 6) is 0.492. The molecule has 0 saturated heterocycles. The lowest BCUT2D eigenvalue weighted by Gasteiger charge is -2.46. The van der Waals surface area contributed by atoms with E-state index in [2.05, 4.69) is 6.58 Å². The molecule has 0 aromatic heterocycles. The molecule has 1 heterocycles. The number of benzene rings is 1. The number of aliphatic hydroxyl groups is 2. The molecule has 0 spiro atoms. The van der Waals surface area contributed by atoms with E-state index in [-0.39, 0.29) is 30.8 Å². The first-order valence-electron chi connectivity index (χ1n) is 8.87. The Morgan fingerprint density at radius 3 is 2.77 bits per heavy atom. The third-order valence-corrected chi connectivity index (χ3v) is 6.73. The Morgan fingerprint density at radius 1 is 1.35 bits per heavy atom. The van der Waals surface area contributed by atoms with Gasteiger partial charge in [-0.15, -0.1) is 6.58 Å². The van der Waals surface area contributed by atoms with E-state index < -0.39 is 23.2 Å². The van der Waals surface area contributed by atoms with Crippen LogP contribution in [-0.2, 0) is 9.53 Å². The van der Waals surface area contributed by atoms with Crippen molar-refractivity contribution in [3.8, 4) is 11.5 Å². The van der Waals surface area contributed by atoms with Gasteiger partial charge in [-0.25, -0.2) is 0 Å². The number of aliphatic hydroxyl groups excluding tert-OH is 2. The highest BCUT2D eigenvalue weighted by atomic mass is 16.7. The van der Waals surface area contributed by atoms with Gasteiger partial charge in [0.25, 0.3) is 0 Å². The molecule has 6 atom stereocenters. The van der Waals surface area contributed by atoms with Crippen LogP contribution < -0.4 is 9.47 Å². The molecule has 1 aromatic carbocycles. The van der Waals surface area contributed by atoms with Crippen LogP contribution in [0.4, 0.5) is 0 Å². The zero-order valence-electron chi connectivity index (χ0n) is 15.0. The fourth-order valence-electron chi connectivity index (χ4n) is 5.49. The Labute approximate surface area is 152 Å². The van der Waals surface area contributed by atoms with Crippen molar-refractivity contribution in [2.45, 2.75) is 43.5 Å². The lowest BCUT2D eigenvalue weighted by atomic mass is 9.65. The van der Waals surface area contributed by atoms with Gasteiger partial charge >= 0.3 is 0 Å². The summed E-state index contributed by atoms with van der Waals surface area (Å²) in [5, 5.41) is 22.1. The first-order valence-corrected chi connectivity index (χ1v) is 8.87. The van der Waals surface area contributed by atoms with Gasteiger partial charge < -0.3 is 24.4 Å². The van der Waals surface area contributed by atoms with E-state index in [1.807, 2.05) is 25.1 Å². The largest absolute Gasteiger partial charge is 0.454 e. The molecule has 140 valence electrons. The highest BCUT2D eigenvalue weighted by molar-refractivity contribution is 5.87. The van der Waals surface area contributed by atoms with Crippen LogP contribution in [0.5, 0.6) is 11.5 Å². The lowest BCUT2D eigenvalue weighted by Crippen LogP contribution is -2.63. The van der Waals surface area contributed by atoms with Crippen molar-refractivity contribution in [1.29, 1.82) is 0 Å². The molecule has 2 N–H and O–H groups in total. The third-order valence-electron chi connectivity index (χ3n) is 6.73. The summed E-state index contributed by atoms with van der Waals surface area (Å²) in [5.41, 5.74) is -1.26. The van der Waals surface area contributed by atoms with E-state index in [0.29, 0.717) is 17.9 Å². The number of Topliss-reactive ketones (excluding diaryl/α,β-unsaturated/α-hetero) is 1. The maximum Gasteiger partial charge on any atom is 0.231 e. The first kappa shape index (κ1) is 17.5. The molecule has 26 heavy (non-hydrogen) atoms. The zero-order chi connectivity index (χ0) is 18.7. The molecular formula is C20H24O6. The number of hydrogen-bond donors (Lipinski definition) is 2. The number of fused-ring (bicyclic) bond motifs is 3. The van der Waals surface area contributed by atoms with Crippen LogP contribution in [0.1, 0.15) is 31.2 Å². The highest BCUT2D eigenvalue weighted by Crippen LogP contribution is 2.65. The molecule has 0 radical (unpaired) electrons. The van der Waals surface area contributed by atoms with Crippen molar-refractivity contribution in [3.05, 3.63) is 36.4 Å². The predicted octanol–water partition coefficient (Wildman–Crippen LogP) is 1.79. The van der Waals surface area contributed by atoms with Gasteiger partial charge in [-0.05, 0) is 30.0 Å². The molecule has 6 nitrogen and oxygen atoms in total. The van der Waals surface area contributed by atoms with Gasteiger partial charge in [-0.2, -0.15) is 0 Å². The van der Waals surface area contributed by atoms with Gasteiger partial charge in [0.05, 0.1) is 6.10 Å². The quantitative estimate of drug-likeness (QED) is 0.797. The van der Waals surface area contributed by atoms with E-state index in [9.17, 15) is 15.0 Å². The van der Waals surface area contributed by atoms with Crippen molar-refractivity contribution < 1.29 is 29.2 Å². The Hall–Kier alpha value is -1.89. The number of ether oxygens (including phenoxy) is 3.